The summed E-state index contributed by atoms with van der Waals surface area (Å²) >= 11 is 0. The second kappa shape index (κ2) is 3.67. The highest BCUT2D eigenvalue weighted by Crippen LogP contribution is 2.09. The van der Waals surface area contributed by atoms with Crippen LogP contribution in [0.5, 0.6) is 0 Å². The average Bonchev–Trinajstić information content (AvgIpc) is 1.96. The van der Waals surface area contributed by atoms with Crippen LogP contribution >= 0.6 is 0 Å². The van der Waals surface area contributed by atoms with Crippen molar-refractivity contribution in [1.82, 2.24) is 0 Å². The van der Waals surface area contributed by atoms with Gasteiger partial charge in [0, 0.05) is 0 Å². The molecule has 1 aromatic rings. The third-order valence-corrected chi connectivity index (χ3v) is 2.05. The first-order chi connectivity index (χ1) is 5.59. The quantitative estimate of drug-likeness (QED) is 0.704. The Morgan fingerprint density at radius 1 is 1.42 bits per heavy atom. The molecule has 0 spiro atoms. The van der Waals surface area contributed by atoms with Crippen LogP contribution in [0, 0.1) is 12.7 Å². The Morgan fingerprint density at radius 3 is 2.58 bits per heavy atom. The average molecular weight is 187 g/mol. The van der Waals surface area contributed by atoms with Crippen molar-refractivity contribution in [2.45, 2.75) is 5.75 Å². The van der Waals surface area contributed by atoms with Gasteiger partial charge < -0.3 is 0 Å². The molecule has 0 aliphatic carbocycles. The minimum absolute atomic E-state index is 0.119. The molecule has 0 bridgehead atoms. The van der Waals surface area contributed by atoms with Crippen molar-refractivity contribution in [2.24, 2.45) is 0 Å². The van der Waals surface area contributed by atoms with Crippen LogP contribution in [0.25, 0.3) is 0 Å². The highest BCUT2D eigenvalue weighted by molar-refractivity contribution is 7.71. The summed E-state index contributed by atoms with van der Waals surface area (Å²) in [7, 11) is -2.49. The summed E-state index contributed by atoms with van der Waals surface area (Å²) in [6, 6.07) is 4.20. The molecule has 0 aliphatic heterocycles. The zero-order chi connectivity index (χ0) is 9.14. The summed E-state index contributed by atoms with van der Waals surface area (Å²) in [6.45, 7) is 3.41. The van der Waals surface area contributed by atoms with Gasteiger partial charge in [-0.3, -0.25) is 0 Å². The molecular formula is C8H8FO2S. The number of hydrogen-bond donors (Lipinski definition) is 1. The third kappa shape index (κ3) is 2.30. The molecule has 0 unspecified atom stereocenters. The molecule has 2 nitrogen and oxygen atoms in total. The van der Waals surface area contributed by atoms with Crippen molar-refractivity contribution >= 4 is 10.7 Å². The van der Waals surface area contributed by atoms with Gasteiger partial charge in [-0.15, -0.1) is 0 Å². The molecule has 0 heterocycles. The monoisotopic (exact) mass is 187 g/mol. The summed E-state index contributed by atoms with van der Waals surface area (Å²) in [6.07, 6.45) is 0. The first-order valence-corrected chi connectivity index (χ1v) is 4.68. The van der Waals surface area contributed by atoms with E-state index in [4.69, 9.17) is 0 Å². The van der Waals surface area contributed by atoms with Crippen LogP contribution in [-0.4, -0.2) is 8.42 Å². The van der Waals surface area contributed by atoms with E-state index in [1.165, 1.54) is 12.1 Å². The zero-order valence-corrected chi connectivity index (χ0v) is 7.18. The summed E-state index contributed by atoms with van der Waals surface area (Å²) in [5.41, 5.74) is 0.732. The molecule has 4 heteroatoms. The molecular weight excluding hydrogens is 179 g/mol. The van der Waals surface area contributed by atoms with Crippen LogP contribution in [0.1, 0.15) is 11.1 Å². The smallest absolute Gasteiger partial charge is 0.144 e. The van der Waals surface area contributed by atoms with Gasteiger partial charge in [0.15, 0.2) is 0 Å². The minimum atomic E-state index is -2.49. The van der Waals surface area contributed by atoms with E-state index >= 15 is 0 Å². The Morgan fingerprint density at radius 2 is 2.08 bits per heavy atom. The van der Waals surface area contributed by atoms with E-state index in [2.05, 4.69) is 6.92 Å². The lowest BCUT2D eigenvalue weighted by Crippen LogP contribution is -1.89. The molecule has 1 radical (unpaired) electrons. The predicted molar refractivity (Wildman–Crippen MR) is 44.9 cm³/mol. The fourth-order valence-corrected chi connectivity index (χ4v) is 1.33. The second-order valence-corrected chi connectivity index (χ2v) is 3.40. The van der Waals surface area contributed by atoms with Crippen LogP contribution in [-0.2, 0) is 16.5 Å². The predicted octanol–water partition coefficient (Wildman–Crippen LogP) is 1.12. The Hall–Kier alpha value is -0.900. The van der Waals surface area contributed by atoms with E-state index in [1.807, 2.05) is 0 Å². The normalized spacial score (nSPS) is 10.6. The second-order valence-electron chi connectivity index (χ2n) is 2.42. The molecule has 0 atom stereocenters. The van der Waals surface area contributed by atoms with E-state index in [-0.39, 0.29) is 11.3 Å². The van der Waals surface area contributed by atoms with Crippen LogP contribution < -0.4 is 0 Å². The van der Waals surface area contributed by atoms with Gasteiger partial charge >= 0.3 is 0 Å². The summed E-state index contributed by atoms with van der Waals surface area (Å²) in [4.78, 5) is 0. The molecule has 0 aliphatic rings. The van der Waals surface area contributed by atoms with E-state index in [9.17, 15) is 12.8 Å². The van der Waals surface area contributed by atoms with Crippen LogP contribution in [0.3, 0.4) is 0 Å². The molecule has 1 aromatic carbocycles. The number of thiol groups is 1. The van der Waals surface area contributed by atoms with Crippen molar-refractivity contribution in [2.75, 3.05) is 0 Å². The minimum Gasteiger partial charge on any atom is -0.232 e. The highest BCUT2D eigenvalue weighted by atomic mass is 32.2. The summed E-state index contributed by atoms with van der Waals surface area (Å²) in [5, 5.41) is 0. The van der Waals surface area contributed by atoms with Crippen LogP contribution in [0.4, 0.5) is 4.39 Å². The highest BCUT2D eigenvalue weighted by Gasteiger charge is 1.99. The molecule has 12 heavy (non-hydrogen) atoms. The lowest BCUT2D eigenvalue weighted by atomic mass is 10.2. The Bertz CT molecular complexity index is 350. The molecule has 0 saturated heterocycles. The maximum atomic E-state index is 12.8. The van der Waals surface area contributed by atoms with Gasteiger partial charge in [-0.2, -0.15) is 0 Å². The van der Waals surface area contributed by atoms with E-state index in [1.54, 1.807) is 6.07 Å². The van der Waals surface area contributed by atoms with E-state index < -0.39 is 16.5 Å². The van der Waals surface area contributed by atoms with Crippen molar-refractivity contribution in [3.8, 4) is 0 Å². The SMILES string of the molecule is [CH2]c1ccc(C[SH](=O)=O)cc1F. The van der Waals surface area contributed by atoms with Crippen molar-refractivity contribution in [3.63, 3.8) is 0 Å². The number of benzene rings is 1. The fourth-order valence-electron chi connectivity index (χ4n) is 0.838. The maximum Gasteiger partial charge on any atom is 0.144 e. The van der Waals surface area contributed by atoms with E-state index in [0.29, 0.717) is 5.56 Å². The van der Waals surface area contributed by atoms with Gasteiger partial charge in [-0.1, -0.05) is 12.1 Å². The first kappa shape index (κ1) is 9.19. The van der Waals surface area contributed by atoms with Gasteiger partial charge in [0.2, 0.25) is 0 Å². The standard InChI is InChI=1S/C8H8FO2S/c1-6-2-3-7(4-8(6)9)5-12(10)11/h2-4,12H,1,5H2. The fraction of sp³-hybridized carbons (Fsp3) is 0.125. The van der Waals surface area contributed by atoms with Gasteiger partial charge in [0.25, 0.3) is 0 Å². The molecule has 0 N–H and O–H groups in total. The van der Waals surface area contributed by atoms with Gasteiger partial charge in [0.05, 0.1) is 5.75 Å². The van der Waals surface area contributed by atoms with Gasteiger partial charge in [-0.25, -0.2) is 12.8 Å². The molecule has 0 aromatic heterocycles. The van der Waals surface area contributed by atoms with Gasteiger partial charge in [0.1, 0.15) is 16.5 Å². The lowest BCUT2D eigenvalue weighted by molar-refractivity contribution is 0.612. The molecule has 1 rings (SSSR count). The zero-order valence-electron chi connectivity index (χ0n) is 6.29. The lowest BCUT2D eigenvalue weighted by Gasteiger charge is -1.97. The molecule has 0 saturated carbocycles. The largest absolute Gasteiger partial charge is 0.232 e. The maximum absolute atomic E-state index is 12.8. The van der Waals surface area contributed by atoms with Crippen molar-refractivity contribution < 1.29 is 12.8 Å². The molecule has 65 valence electrons. The molecule has 0 amide bonds. The van der Waals surface area contributed by atoms with Crippen molar-refractivity contribution in [3.05, 3.63) is 42.1 Å². The Kier molecular flexibility index (Phi) is 2.81. The topological polar surface area (TPSA) is 34.1 Å². The Balaban J connectivity index is 2.97. The third-order valence-electron chi connectivity index (χ3n) is 1.43. The van der Waals surface area contributed by atoms with Gasteiger partial charge in [-0.05, 0) is 24.1 Å². The number of halogens is 1. The van der Waals surface area contributed by atoms with E-state index in [0.717, 1.165) is 0 Å². The summed E-state index contributed by atoms with van der Waals surface area (Å²) in [5.74, 6) is -0.587. The summed E-state index contributed by atoms with van der Waals surface area (Å²) < 4.78 is 33.3. The Labute approximate surface area is 72.0 Å². The number of rotatable bonds is 2. The van der Waals surface area contributed by atoms with Crippen LogP contribution in [0.15, 0.2) is 18.2 Å². The first-order valence-electron chi connectivity index (χ1n) is 3.32. The van der Waals surface area contributed by atoms with Crippen molar-refractivity contribution in [1.29, 1.82) is 0 Å². The number of hydrogen-bond acceptors (Lipinski definition) is 2. The van der Waals surface area contributed by atoms with Crippen LogP contribution in [0.2, 0.25) is 0 Å². The molecule has 0 fully saturated rings.